The molecule has 5 heteroatoms. The number of hydrogen-bond acceptors (Lipinski definition) is 4. The first-order valence-electron chi connectivity index (χ1n) is 7.06. The zero-order valence-corrected chi connectivity index (χ0v) is 13.2. The fourth-order valence-electron chi connectivity index (χ4n) is 2.16. The maximum atomic E-state index is 12.4. The predicted molar refractivity (Wildman–Crippen MR) is 84.8 cm³/mol. The Morgan fingerprint density at radius 3 is 2.67 bits per heavy atom. The topological polar surface area (TPSA) is 53.4 Å². The molecule has 0 fully saturated rings. The van der Waals surface area contributed by atoms with E-state index in [4.69, 9.17) is 5.11 Å². The normalized spacial score (nSPS) is 10.6. The number of aromatic nitrogens is 1. The number of carbonyl (C=O) groups is 1. The van der Waals surface area contributed by atoms with E-state index < -0.39 is 0 Å². The highest BCUT2D eigenvalue weighted by Gasteiger charge is 2.20. The minimum Gasteiger partial charge on any atom is -0.395 e. The molecule has 0 aliphatic rings. The monoisotopic (exact) mass is 304 g/mol. The molecule has 0 bridgehead atoms. The Labute approximate surface area is 129 Å². The van der Waals surface area contributed by atoms with Gasteiger partial charge < -0.3 is 10.0 Å². The Morgan fingerprint density at radius 2 is 2.05 bits per heavy atom. The van der Waals surface area contributed by atoms with Gasteiger partial charge in [0.2, 0.25) is 0 Å². The molecule has 2 aromatic rings. The molecule has 21 heavy (non-hydrogen) atoms. The van der Waals surface area contributed by atoms with Crippen LogP contribution in [0.2, 0.25) is 0 Å². The third-order valence-corrected chi connectivity index (χ3v) is 4.42. The van der Waals surface area contributed by atoms with Crippen LogP contribution in [0, 0.1) is 6.92 Å². The molecule has 4 nitrogen and oxygen atoms in total. The second kappa shape index (κ2) is 7.33. The lowest BCUT2D eigenvalue weighted by Crippen LogP contribution is -2.33. The van der Waals surface area contributed by atoms with Gasteiger partial charge in [-0.15, -0.1) is 11.3 Å². The molecule has 1 aromatic carbocycles. The Hall–Kier alpha value is -1.72. The quantitative estimate of drug-likeness (QED) is 0.892. The Kier molecular flexibility index (Phi) is 5.47. The van der Waals surface area contributed by atoms with Gasteiger partial charge >= 0.3 is 0 Å². The van der Waals surface area contributed by atoms with Crippen LogP contribution in [0.4, 0.5) is 0 Å². The van der Waals surface area contributed by atoms with Crippen molar-refractivity contribution >= 4 is 17.2 Å². The number of carbonyl (C=O) groups excluding carboxylic acids is 1. The van der Waals surface area contributed by atoms with E-state index in [2.05, 4.69) is 17.1 Å². The van der Waals surface area contributed by atoms with Gasteiger partial charge in [-0.25, -0.2) is 4.98 Å². The summed E-state index contributed by atoms with van der Waals surface area (Å²) in [5, 5.41) is 9.97. The van der Waals surface area contributed by atoms with Crippen LogP contribution in [-0.2, 0) is 6.42 Å². The Balaban J connectivity index is 2.17. The zero-order valence-electron chi connectivity index (χ0n) is 12.4. The van der Waals surface area contributed by atoms with E-state index in [1.807, 2.05) is 32.0 Å². The molecule has 0 saturated heterocycles. The van der Waals surface area contributed by atoms with Gasteiger partial charge in [0.15, 0.2) is 0 Å². The van der Waals surface area contributed by atoms with Gasteiger partial charge in [0.1, 0.15) is 4.88 Å². The van der Waals surface area contributed by atoms with E-state index in [0.29, 0.717) is 18.0 Å². The van der Waals surface area contributed by atoms with Crippen LogP contribution in [0.1, 0.15) is 32.9 Å². The maximum absolute atomic E-state index is 12.4. The summed E-state index contributed by atoms with van der Waals surface area (Å²) in [5.74, 6) is -0.0409. The largest absolute Gasteiger partial charge is 0.395 e. The third kappa shape index (κ3) is 3.89. The number of aliphatic hydroxyl groups is 1. The molecule has 112 valence electrons. The molecule has 1 aromatic heterocycles. The molecule has 0 atom stereocenters. The molecule has 0 unspecified atom stereocenters. The number of aliphatic hydroxyl groups excluding tert-OH is 1. The first-order chi connectivity index (χ1) is 10.2. The Morgan fingerprint density at radius 1 is 1.33 bits per heavy atom. The van der Waals surface area contributed by atoms with Crippen LogP contribution in [0.3, 0.4) is 0 Å². The van der Waals surface area contributed by atoms with E-state index in [1.165, 1.54) is 16.9 Å². The van der Waals surface area contributed by atoms with Gasteiger partial charge in [-0.1, -0.05) is 30.3 Å². The van der Waals surface area contributed by atoms with E-state index in [1.54, 1.807) is 4.90 Å². The van der Waals surface area contributed by atoms with Crippen molar-refractivity contribution in [3.8, 4) is 0 Å². The summed E-state index contributed by atoms with van der Waals surface area (Å²) in [5.41, 5.74) is 1.96. The number of rotatable bonds is 6. The molecule has 0 aliphatic heterocycles. The van der Waals surface area contributed by atoms with Gasteiger partial charge in [0.05, 0.1) is 17.3 Å². The van der Waals surface area contributed by atoms with Crippen molar-refractivity contribution in [1.29, 1.82) is 0 Å². The highest BCUT2D eigenvalue weighted by Crippen LogP contribution is 2.22. The smallest absolute Gasteiger partial charge is 0.265 e. The van der Waals surface area contributed by atoms with Crippen LogP contribution in [0.25, 0.3) is 0 Å². The lowest BCUT2D eigenvalue weighted by Gasteiger charge is -2.18. The van der Waals surface area contributed by atoms with E-state index in [9.17, 15) is 4.79 Å². The second-order valence-electron chi connectivity index (χ2n) is 4.79. The van der Waals surface area contributed by atoms with Gasteiger partial charge in [0.25, 0.3) is 5.91 Å². The maximum Gasteiger partial charge on any atom is 0.265 e. The van der Waals surface area contributed by atoms with E-state index in [0.717, 1.165) is 17.1 Å². The van der Waals surface area contributed by atoms with Gasteiger partial charge in [-0.05, 0) is 19.4 Å². The van der Waals surface area contributed by atoms with Crippen molar-refractivity contribution in [3.05, 3.63) is 51.5 Å². The number of thiazole rings is 1. The molecule has 2 rings (SSSR count). The van der Waals surface area contributed by atoms with E-state index in [-0.39, 0.29) is 12.5 Å². The summed E-state index contributed by atoms with van der Waals surface area (Å²) in [6.45, 7) is 4.71. The summed E-state index contributed by atoms with van der Waals surface area (Å²) in [6.07, 6.45) is 0.742. The molecule has 1 heterocycles. The predicted octanol–water partition coefficient (Wildman–Crippen LogP) is 2.50. The molecule has 1 amide bonds. The summed E-state index contributed by atoms with van der Waals surface area (Å²) < 4.78 is 0. The molecule has 0 aliphatic carbocycles. The number of aryl methyl sites for hydroxylation is 1. The molecule has 0 spiro atoms. The number of amides is 1. The third-order valence-electron chi connectivity index (χ3n) is 3.27. The number of likely N-dealkylation sites (N-methyl/N-ethyl adjacent to an activating group) is 1. The van der Waals surface area contributed by atoms with Crippen molar-refractivity contribution in [2.24, 2.45) is 0 Å². The number of nitrogens with zero attached hydrogens (tertiary/aromatic N) is 2. The fourth-order valence-corrected chi connectivity index (χ4v) is 3.23. The van der Waals surface area contributed by atoms with Crippen LogP contribution >= 0.6 is 11.3 Å². The average Bonchev–Trinajstić information content (AvgIpc) is 2.85. The minimum atomic E-state index is -0.0409. The summed E-state index contributed by atoms with van der Waals surface area (Å²) in [7, 11) is 0. The van der Waals surface area contributed by atoms with Gasteiger partial charge in [-0.3, -0.25) is 4.79 Å². The summed E-state index contributed by atoms with van der Waals surface area (Å²) in [4.78, 5) is 19.3. The van der Waals surface area contributed by atoms with Gasteiger partial charge in [-0.2, -0.15) is 0 Å². The first-order valence-corrected chi connectivity index (χ1v) is 7.87. The number of hydrogen-bond donors (Lipinski definition) is 1. The molecular weight excluding hydrogens is 284 g/mol. The average molecular weight is 304 g/mol. The Bertz CT molecular complexity index is 596. The summed E-state index contributed by atoms with van der Waals surface area (Å²) >= 11 is 1.45. The minimum absolute atomic E-state index is 0.0195. The van der Waals surface area contributed by atoms with Crippen molar-refractivity contribution in [2.75, 3.05) is 19.7 Å². The van der Waals surface area contributed by atoms with Crippen molar-refractivity contribution in [2.45, 2.75) is 20.3 Å². The lowest BCUT2D eigenvalue weighted by molar-refractivity contribution is 0.0736. The zero-order chi connectivity index (χ0) is 15.2. The molecule has 0 radical (unpaired) electrons. The van der Waals surface area contributed by atoms with Crippen LogP contribution in [-0.4, -0.2) is 40.6 Å². The lowest BCUT2D eigenvalue weighted by atomic mass is 10.2. The molecule has 1 N–H and O–H groups in total. The van der Waals surface area contributed by atoms with Crippen molar-refractivity contribution < 1.29 is 9.90 Å². The fraction of sp³-hybridized carbons (Fsp3) is 0.375. The molecular formula is C16H20N2O2S. The van der Waals surface area contributed by atoms with E-state index >= 15 is 0 Å². The number of benzene rings is 1. The second-order valence-corrected chi connectivity index (χ2v) is 5.88. The van der Waals surface area contributed by atoms with Crippen molar-refractivity contribution in [1.82, 2.24) is 9.88 Å². The SMILES string of the molecule is CCN(CCO)C(=O)c1sc(Cc2ccccc2)nc1C. The molecule has 0 saturated carbocycles. The highest BCUT2D eigenvalue weighted by molar-refractivity contribution is 7.13. The van der Waals surface area contributed by atoms with Crippen LogP contribution < -0.4 is 0 Å². The van der Waals surface area contributed by atoms with Crippen LogP contribution in [0.5, 0.6) is 0 Å². The van der Waals surface area contributed by atoms with Gasteiger partial charge in [0, 0.05) is 19.5 Å². The summed E-state index contributed by atoms with van der Waals surface area (Å²) in [6, 6.07) is 10.1. The highest BCUT2D eigenvalue weighted by atomic mass is 32.1. The van der Waals surface area contributed by atoms with Crippen molar-refractivity contribution in [3.63, 3.8) is 0 Å². The first kappa shape index (κ1) is 15.7. The standard InChI is InChI=1S/C16H20N2O2S/c1-3-18(9-10-19)16(20)15-12(2)17-14(21-15)11-13-7-5-4-6-8-13/h4-8,19H,3,9-11H2,1-2H3. The van der Waals surface area contributed by atoms with Crippen LogP contribution in [0.15, 0.2) is 30.3 Å².